The van der Waals surface area contributed by atoms with E-state index in [1.165, 1.54) is 0 Å². The third-order valence-electron chi connectivity index (χ3n) is 3.96. The topological polar surface area (TPSA) is 57.8 Å². The molecule has 1 aliphatic rings. The van der Waals surface area contributed by atoms with Crippen LogP contribution in [0.3, 0.4) is 0 Å². The summed E-state index contributed by atoms with van der Waals surface area (Å²) in [5, 5.41) is 12.5. The minimum Gasteiger partial charge on any atom is -0.343 e. The maximum Gasteiger partial charge on any atom is 0.269 e. The van der Waals surface area contributed by atoms with Crippen molar-refractivity contribution < 1.29 is 4.79 Å². The summed E-state index contributed by atoms with van der Waals surface area (Å²) in [6, 6.07) is 4.16. The number of carbonyl (C=O) groups excluding carboxylic acids is 1. The first-order valence-corrected chi connectivity index (χ1v) is 7.99. The van der Waals surface area contributed by atoms with Gasteiger partial charge in [-0.2, -0.15) is 5.26 Å². The molecule has 1 aromatic heterocycles. The highest BCUT2D eigenvalue weighted by Gasteiger charge is 2.33. The third-order valence-corrected chi connectivity index (χ3v) is 4.39. The molecule has 5 heteroatoms. The SMILES string of the molecule is CCn1cc(Br)cc1C(=O)NC1(C#N)CCCCCC1. The number of nitrogens with one attached hydrogen (secondary N) is 1. The van der Waals surface area contributed by atoms with Gasteiger partial charge in [0.25, 0.3) is 5.91 Å². The van der Waals surface area contributed by atoms with E-state index in [0.717, 1.165) is 49.5 Å². The van der Waals surface area contributed by atoms with Crippen LogP contribution in [-0.4, -0.2) is 16.0 Å². The molecule has 0 spiro atoms. The van der Waals surface area contributed by atoms with E-state index in [-0.39, 0.29) is 5.91 Å². The van der Waals surface area contributed by atoms with Crippen molar-refractivity contribution in [3.63, 3.8) is 0 Å². The van der Waals surface area contributed by atoms with Crippen LogP contribution in [0, 0.1) is 11.3 Å². The highest BCUT2D eigenvalue weighted by molar-refractivity contribution is 9.10. The Hall–Kier alpha value is -1.28. The van der Waals surface area contributed by atoms with Gasteiger partial charge in [-0.1, -0.05) is 25.7 Å². The molecule has 0 saturated heterocycles. The smallest absolute Gasteiger partial charge is 0.269 e. The van der Waals surface area contributed by atoms with Crippen LogP contribution in [0.4, 0.5) is 0 Å². The molecule has 2 rings (SSSR count). The Labute approximate surface area is 128 Å². The monoisotopic (exact) mass is 337 g/mol. The number of nitrogens with zero attached hydrogens (tertiary/aromatic N) is 2. The van der Waals surface area contributed by atoms with Crippen molar-refractivity contribution in [3.05, 3.63) is 22.4 Å². The van der Waals surface area contributed by atoms with Gasteiger partial charge in [0.1, 0.15) is 11.2 Å². The molecule has 1 aliphatic carbocycles. The number of hydrogen-bond acceptors (Lipinski definition) is 2. The van der Waals surface area contributed by atoms with Crippen LogP contribution in [0.25, 0.3) is 0 Å². The fraction of sp³-hybridized carbons (Fsp3) is 0.600. The predicted molar refractivity (Wildman–Crippen MR) is 81.3 cm³/mol. The Morgan fingerprint density at radius 3 is 2.65 bits per heavy atom. The molecule has 0 atom stereocenters. The van der Waals surface area contributed by atoms with Gasteiger partial charge in [-0.15, -0.1) is 0 Å². The van der Waals surface area contributed by atoms with E-state index < -0.39 is 5.54 Å². The van der Waals surface area contributed by atoms with Crippen LogP contribution in [-0.2, 0) is 6.54 Å². The van der Waals surface area contributed by atoms with Crippen molar-refractivity contribution in [2.24, 2.45) is 0 Å². The second kappa shape index (κ2) is 6.45. The second-order valence-corrected chi connectivity index (χ2v) is 6.31. The lowest BCUT2D eigenvalue weighted by molar-refractivity contribution is 0.0903. The summed E-state index contributed by atoms with van der Waals surface area (Å²) in [4.78, 5) is 12.5. The van der Waals surface area contributed by atoms with Gasteiger partial charge in [0.2, 0.25) is 0 Å². The van der Waals surface area contributed by atoms with Gasteiger partial charge in [0.05, 0.1) is 6.07 Å². The highest BCUT2D eigenvalue weighted by Crippen LogP contribution is 2.27. The largest absolute Gasteiger partial charge is 0.343 e. The predicted octanol–water partition coefficient (Wildman–Crippen LogP) is 3.62. The molecule has 4 nitrogen and oxygen atoms in total. The van der Waals surface area contributed by atoms with Crippen molar-refractivity contribution in [1.29, 1.82) is 5.26 Å². The van der Waals surface area contributed by atoms with Crippen LogP contribution in [0.1, 0.15) is 55.9 Å². The van der Waals surface area contributed by atoms with E-state index in [2.05, 4.69) is 27.3 Å². The van der Waals surface area contributed by atoms with Crippen molar-refractivity contribution >= 4 is 21.8 Å². The molecule has 1 fully saturated rings. The molecule has 20 heavy (non-hydrogen) atoms. The molecule has 0 bridgehead atoms. The van der Waals surface area contributed by atoms with Crippen molar-refractivity contribution in [3.8, 4) is 6.07 Å². The average molecular weight is 338 g/mol. The number of rotatable bonds is 3. The Kier molecular flexibility index (Phi) is 4.87. The van der Waals surface area contributed by atoms with Crippen molar-refractivity contribution in [2.45, 2.75) is 57.5 Å². The molecular formula is C15H20BrN3O. The van der Waals surface area contributed by atoms with Crippen LogP contribution in [0.5, 0.6) is 0 Å². The van der Waals surface area contributed by atoms with E-state index in [0.29, 0.717) is 5.69 Å². The first-order chi connectivity index (χ1) is 9.60. The summed E-state index contributed by atoms with van der Waals surface area (Å²) in [5.74, 6) is -0.152. The zero-order valence-electron chi connectivity index (χ0n) is 11.8. The zero-order valence-corrected chi connectivity index (χ0v) is 13.4. The Morgan fingerprint density at radius 2 is 2.10 bits per heavy atom. The molecule has 1 aromatic rings. The molecule has 0 unspecified atom stereocenters. The number of carbonyl (C=O) groups is 1. The number of nitriles is 1. The minimum atomic E-state index is -0.692. The molecule has 1 amide bonds. The molecular weight excluding hydrogens is 318 g/mol. The van der Waals surface area contributed by atoms with Crippen molar-refractivity contribution in [2.75, 3.05) is 0 Å². The van der Waals surface area contributed by atoms with Gasteiger partial charge in [0, 0.05) is 17.2 Å². The summed E-state index contributed by atoms with van der Waals surface area (Å²) in [7, 11) is 0. The standard InChI is InChI=1S/C15H20BrN3O/c1-2-19-10-12(16)9-13(19)14(20)18-15(11-17)7-5-3-4-6-8-15/h9-10H,2-8H2,1H3,(H,18,20). The maximum atomic E-state index is 12.5. The van der Waals surface area contributed by atoms with E-state index in [9.17, 15) is 10.1 Å². The highest BCUT2D eigenvalue weighted by atomic mass is 79.9. The van der Waals surface area contributed by atoms with Gasteiger partial charge >= 0.3 is 0 Å². The van der Waals surface area contributed by atoms with Gasteiger partial charge in [0.15, 0.2) is 0 Å². The number of halogens is 1. The average Bonchev–Trinajstić information content (AvgIpc) is 2.68. The van der Waals surface area contributed by atoms with Crippen molar-refractivity contribution in [1.82, 2.24) is 9.88 Å². The summed E-state index contributed by atoms with van der Waals surface area (Å²) in [5.41, 5.74) is -0.0821. The number of hydrogen-bond donors (Lipinski definition) is 1. The van der Waals surface area contributed by atoms with Crippen LogP contribution in [0.2, 0.25) is 0 Å². The van der Waals surface area contributed by atoms with E-state index >= 15 is 0 Å². The molecule has 0 radical (unpaired) electrons. The van der Waals surface area contributed by atoms with Gasteiger partial charge < -0.3 is 9.88 Å². The number of aryl methyl sites for hydroxylation is 1. The lowest BCUT2D eigenvalue weighted by Crippen LogP contribution is -2.47. The van der Waals surface area contributed by atoms with Crippen LogP contribution < -0.4 is 5.32 Å². The lowest BCUT2D eigenvalue weighted by Gasteiger charge is -2.26. The Morgan fingerprint density at radius 1 is 1.45 bits per heavy atom. The Bertz CT molecular complexity index is 522. The normalized spacial score (nSPS) is 18.1. The van der Waals surface area contributed by atoms with E-state index in [4.69, 9.17) is 0 Å². The summed E-state index contributed by atoms with van der Waals surface area (Å²) in [6.45, 7) is 2.73. The molecule has 0 aromatic carbocycles. The zero-order chi connectivity index (χ0) is 14.6. The van der Waals surface area contributed by atoms with E-state index in [1.54, 1.807) is 6.07 Å². The first kappa shape index (κ1) is 15.1. The van der Waals surface area contributed by atoms with Gasteiger partial charge in [-0.05, 0) is 41.8 Å². The second-order valence-electron chi connectivity index (χ2n) is 5.39. The third kappa shape index (κ3) is 3.24. The summed E-state index contributed by atoms with van der Waals surface area (Å²) >= 11 is 3.39. The lowest BCUT2D eigenvalue weighted by atomic mass is 9.91. The summed E-state index contributed by atoms with van der Waals surface area (Å²) in [6.07, 6.45) is 7.71. The summed E-state index contributed by atoms with van der Waals surface area (Å²) < 4.78 is 2.78. The van der Waals surface area contributed by atoms with Gasteiger partial charge in [-0.3, -0.25) is 4.79 Å². The van der Waals surface area contributed by atoms with Crippen LogP contribution in [0.15, 0.2) is 16.7 Å². The number of aromatic nitrogens is 1. The Balaban J connectivity index is 2.18. The fourth-order valence-electron chi connectivity index (χ4n) is 2.81. The first-order valence-electron chi connectivity index (χ1n) is 7.19. The maximum absolute atomic E-state index is 12.5. The van der Waals surface area contributed by atoms with E-state index in [1.807, 2.05) is 17.7 Å². The molecule has 108 valence electrons. The van der Waals surface area contributed by atoms with Gasteiger partial charge in [-0.25, -0.2) is 0 Å². The molecule has 1 heterocycles. The fourth-order valence-corrected chi connectivity index (χ4v) is 3.27. The minimum absolute atomic E-state index is 0.152. The molecule has 1 saturated carbocycles. The van der Waals surface area contributed by atoms with Crippen LogP contribution >= 0.6 is 15.9 Å². The number of amides is 1. The quantitative estimate of drug-likeness (QED) is 0.856. The molecule has 0 aliphatic heterocycles. The molecule has 1 N–H and O–H groups in total.